The second-order valence-corrected chi connectivity index (χ2v) is 7.14. The maximum atomic E-state index is 12.0. The van der Waals surface area contributed by atoms with E-state index in [1.54, 1.807) is 11.7 Å². The number of nitrogens with zero attached hydrogens (tertiary/aromatic N) is 5. The van der Waals surface area contributed by atoms with Gasteiger partial charge >= 0.3 is 6.16 Å². The first-order valence-corrected chi connectivity index (χ1v) is 8.84. The monoisotopic (exact) mass is 376 g/mol. The zero-order chi connectivity index (χ0) is 18.1. The van der Waals surface area contributed by atoms with E-state index in [2.05, 4.69) is 20.8 Å². The van der Waals surface area contributed by atoms with Crippen molar-refractivity contribution in [1.82, 2.24) is 30.6 Å². The molecule has 2 aliphatic heterocycles. The van der Waals surface area contributed by atoms with Crippen LogP contribution in [0.5, 0.6) is 0 Å². The summed E-state index contributed by atoms with van der Waals surface area (Å²) in [6, 6.07) is 8.64. The van der Waals surface area contributed by atoms with Crippen LogP contribution in [0.1, 0.15) is 5.56 Å². The molecule has 2 aromatic rings. The number of carbonyl (C=O) groups is 2. The lowest BCUT2D eigenvalue weighted by Gasteiger charge is -2.35. The van der Waals surface area contributed by atoms with E-state index in [0.717, 1.165) is 5.56 Å². The zero-order valence-electron chi connectivity index (χ0n) is 13.8. The fourth-order valence-electron chi connectivity index (χ4n) is 2.91. The number of β-lactam (4-membered cyclic amide) rings is 1. The SMILES string of the molecule is Cn1nnnc1SC1CN(OC(=O)OCc2ccccc2)[C@@H]2C(=O)N[C@H]12. The van der Waals surface area contributed by atoms with Gasteiger partial charge in [-0.3, -0.25) is 4.79 Å². The van der Waals surface area contributed by atoms with Crippen molar-refractivity contribution in [1.29, 1.82) is 0 Å². The molecule has 10 nitrogen and oxygen atoms in total. The maximum absolute atomic E-state index is 12.0. The van der Waals surface area contributed by atoms with Crippen LogP contribution in [0.2, 0.25) is 0 Å². The Morgan fingerprint density at radius 1 is 1.38 bits per heavy atom. The number of fused-ring (bicyclic) bond motifs is 1. The number of aryl methyl sites for hydroxylation is 1. The van der Waals surface area contributed by atoms with Gasteiger partial charge < -0.3 is 14.9 Å². The van der Waals surface area contributed by atoms with Gasteiger partial charge in [0, 0.05) is 7.05 Å². The Labute approximate surface area is 152 Å². The third-order valence-electron chi connectivity index (χ3n) is 4.22. The second kappa shape index (κ2) is 6.92. The smallest absolute Gasteiger partial charge is 0.428 e. The summed E-state index contributed by atoms with van der Waals surface area (Å²) in [6.45, 7) is 0.475. The van der Waals surface area contributed by atoms with Crippen LogP contribution in [0.25, 0.3) is 0 Å². The van der Waals surface area contributed by atoms with Crippen LogP contribution < -0.4 is 5.32 Å². The molecule has 11 heteroatoms. The number of rotatable bonds is 5. The van der Waals surface area contributed by atoms with Crippen molar-refractivity contribution in [3.8, 4) is 0 Å². The lowest BCUT2D eigenvalue weighted by Crippen LogP contribution is -2.66. The molecule has 1 N–H and O–H groups in total. The fourth-order valence-corrected chi connectivity index (χ4v) is 4.03. The van der Waals surface area contributed by atoms with Crippen molar-refractivity contribution in [2.24, 2.45) is 7.05 Å². The number of amides is 1. The molecule has 2 fully saturated rings. The number of ether oxygens (including phenoxy) is 1. The number of aromatic nitrogens is 4. The number of hydrogen-bond donors (Lipinski definition) is 1. The summed E-state index contributed by atoms with van der Waals surface area (Å²) in [5.74, 6) is -0.176. The van der Waals surface area contributed by atoms with Crippen LogP contribution in [0.3, 0.4) is 0 Å². The van der Waals surface area contributed by atoms with Gasteiger partial charge in [0.1, 0.15) is 12.6 Å². The minimum absolute atomic E-state index is 0.0377. The molecule has 2 aliphatic rings. The Kier molecular flexibility index (Phi) is 4.47. The largest absolute Gasteiger partial charge is 0.528 e. The number of tetrazole rings is 1. The third kappa shape index (κ3) is 3.22. The molecular weight excluding hydrogens is 360 g/mol. The number of benzene rings is 1. The quantitative estimate of drug-likeness (QED) is 0.574. The van der Waals surface area contributed by atoms with E-state index in [-0.39, 0.29) is 23.8 Å². The zero-order valence-corrected chi connectivity index (χ0v) is 14.6. The maximum Gasteiger partial charge on any atom is 0.528 e. The van der Waals surface area contributed by atoms with Gasteiger partial charge in [0.2, 0.25) is 11.1 Å². The van der Waals surface area contributed by atoms with Crippen LogP contribution in [0, 0.1) is 0 Å². The van der Waals surface area contributed by atoms with Crippen molar-refractivity contribution in [3.63, 3.8) is 0 Å². The highest BCUT2D eigenvalue weighted by Crippen LogP contribution is 2.36. The van der Waals surface area contributed by atoms with E-state index >= 15 is 0 Å². The Morgan fingerprint density at radius 2 is 2.19 bits per heavy atom. The molecule has 136 valence electrons. The summed E-state index contributed by atoms with van der Waals surface area (Å²) in [6.07, 6.45) is -0.835. The molecule has 2 saturated heterocycles. The fraction of sp³-hybridized carbons (Fsp3) is 0.400. The Morgan fingerprint density at radius 3 is 2.88 bits per heavy atom. The minimum Gasteiger partial charge on any atom is -0.428 e. The van der Waals surface area contributed by atoms with E-state index < -0.39 is 12.2 Å². The summed E-state index contributed by atoms with van der Waals surface area (Å²) in [7, 11) is 1.74. The van der Waals surface area contributed by atoms with E-state index in [1.807, 2.05) is 30.3 Å². The van der Waals surface area contributed by atoms with Crippen LogP contribution in [0.15, 0.2) is 35.5 Å². The molecular formula is C15H16N6O4S. The van der Waals surface area contributed by atoms with Gasteiger partial charge in [-0.2, -0.15) is 0 Å². The molecule has 0 saturated carbocycles. The Hall–Kier alpha value is -2.66. The van der Waals surface area contributed by atoms with Crippen LogP contribution in [-0.2, 0) is 28.0 Å². The van der Waals surface area contributed by atoms with E-state index in [9.17, 15) is 9.59 Å². The van der Waals surface area contributed by atoms with Crippen molar-refractivity contribution in [3.05, 3.63) is 35.9 Å². The molecule has 3 heterocycles. The molecule has 1 aromatic heterocycles. The molecule has 0 spiro atoms. The standard InChI is InChI=1S/C15H16N6O4S/c1-20-14(17-18-19-20)26-10-7-21(12-11(10)16-13(12)22)25-15(23)24-8-9-5-3-2-4-6-9/h2-6,10-12H,7-8H2,1H3,(H,16,22)/t10?,11-,12+/m1/s1. The van der Waals surface area contributed by atoms with Crippen LogP contribution >= 0.6 is 11.8 Å². The van der Waals surface area contributed by atoms with E-state index in [4.69, 9.17) is 9.57 Å². The molecule has 0 radical (unpaired) electrons. The molecule has 3 atom stereocenters. The van der Waals surface area contributed by atoms with Gasteiger partial charge in [-0.15, -0.1) is 10.2 Å². The summed E-state index contributed by atoms with van der Waals surface area (Å²) in [5, 5.41) is 16.1. The molecule has 0 aliphatic carbocycles. The highest BCUT2D eigenvalue weighted by Gasteiger charge is 2.56. The van der Waals surface area contributed by atoms with Gasteiger partial charge in [-0.25, -0.2) is 9.48 Å². The molecule has 1 unspecified atom stereocenters. The predicted octanol–water partition coefficient (Wildman–Crippen LogP) is 0.122. The Bertz CT molecular complexity index is 815. The third-order valence-corrected chi connectivity index (χ3v) is 5.52. The first-order valence-electron chi connectivity index (χ1n) is 7.96. The normalized spacial score (nSPS) is 24.5. The summed E-state index contributed by atoms with van der Waals surface area (Å²) in [5.41, 5.74) is 0.855. The first kappa shape index (κ1) is 16.8. The van der Waals surface area contributed by atoms with Crippen molar-refractivity contribution < 1.29 is 19.2 Å². The number of hydrogen-bond acceptors (Lipinski definition) is 9. The molecule has 1 amide bonds. The lowest BCUT2D eigenvalue weighted by molar-refractivity contribution is -0.168. The summed E-state index contributed by atoms with van der Waals surface area (Å²) in [4.78, 5) is 29.1. The lowest BCUT2D eigenvalue weighted by atomic mass is 10.0. The number of thioether (sulfide) groups is 1. The van der Waals surface area contributed by atoms with Gasteiger partial charge in [0.05, 0.1) is 17.8 Å². The number of carbonyl (C=O) groups excluding carboxylic acids is 2. The van der Waals surface area contributed by atoms with Gasteiger partial charge in [-0.05, 0) is 16.0 Å². The van der Waals surface area contributed by atoms with Gasteiger partial charge in [0.15, 0.2) is 0 Å². The molecule has 1 aromatic carbocycles. The average molecular weight is 376 g/mol. The van der Waals surface area contributed by atoms with E-state index in [0.29, 0.717) is 11.7 Å². The number of nitrogens with one attached hydrogen (secondary N) is 1. The van der Waals surface area contributed by atoms with Crippen molar-refractivity contribution in [2.75, 3.05) is 6.54 Å². The highest BCUT2D eigenvalue weighted by molar-refractivity contribution is 7.99. The Balaban J connectivity index is 1.35. The highest BCUT2D eigenvalue weighted by atomic mass is 32.2. The average Bonchev–Trinajstić information content (AvgIpc) is 3.14. The van der Waals surface area contributed by atoms with Crippen molar-refractivity contribution in [2.45, 2.75) is 29.1 Å². The topological polar surface area (TPSA) is 111 Å². The van der Waals surface area contributed by atoms with Gasteiger partial charge in [-0.1, -0.05) is 42.1 Å². The molecule has 4 rings (SSSR count). The summed E-state index contributed by atoms with van der Waals surface area (Å²) < 4.78 is 6.67. The number of hydroxylamine groups is 2. The van der Waals surface area contributed by atoms with Crippen molar-refractivity contribution >= 4 is 23.8 Å². The first-order chi connectivity index (χ1) is 12.6. The van der Waals surface area contributed by atoms with Crippen LogP contribution in [0.4, 0.5) is 4.79 Å². The molecule has 0 bridgehead atoms. The van der Waals surface area contributed by atoms with E-state index in [1.165, 1.54) is 16.8 Å². The summed E-state index contributed by atoms with van der Waals surface area (Å²) >= 11 is 1.43. The second-order valence-electron chi connectivity index (χ2n) is 5.94. The van der Waals surface area contributed by atoms with Crippen LogP contribution in [-0.4, -0.2) is 61.2 Å². The van der Waals surface area contributed by atoms with Gasteiger partial charge in [0.25, 0.3) is 0 Å². The predicted molar refractivity (Wildman–Crippen MR) is 88.6 cm³/mol. The molecule has 26 heavy (non-hydrogen) atoms. The minimum atomic E-state index is -0.835.